The minimum Gasteiger partial charge on any atom is -0.391 e. The SMILES string of the molecule is CCC1CCN2C(=O)CCC2C1O. The summed E-state index contributed by atoms with van der Waals surface area (Å²) < 4.78 is 0. The molecule has 0 radical (unpaired) electrons. The molecule has 0 saturated carbocycles. The molecule has 1 amide bonds. The van der Waals surface area contributed by atoms with Gasteiger partial charge in [0.15, 0.2) is 0 Å². The highest BCUT2D eigenvalue weighted by Crippen LogP contribution is 2.32. The van der Waals surface area contributed by atoms with Crippen LogP contribution in [-0.2, 0) is 4.79 Å². The van der Waals surface area contributed by atoms with Crippen LogP contribution in [0.5, 0.6) is 0 Å². The third kappa shape index (κ3) is 1.35. The Morgan fingerprint density at radius 3 is 3.00 bits per heavy atom. The van der Waals surface area contributed by atoms with Crippen LogP contribution >= 0.6 is 0 Å². The highest BCUT2D eigenvalue weighted by Gasteiger charge is 2.41. The first kappa shape index (κ1) is 9.00. The molecule has 2 heterocycles. The van der Waals surface area contributed by atoms with Gasteiger partial charge in [0.1, 0.15) is 0 Å². The Balaban J connectivity index is 2.09. The quantitative estimate of drug-likeness (QED) is 0.652. The van der Waals surface area contributed by atoms with E-state index in [4.69, 9.17) is 0 Å². The predicted octanol–water partition coefficient (Wildman–Crippen LogP) is 0.768. The fourth-order valence-corrected chi connectivity index (χ4v) is 2.64. The van der Waals surface area contributed by atoms with Crippen molar-refractivity contribution in [3.63, 3.8) is 0 Å². The zero-order valence-electron chi connectivity index (χ0n) is 8.07. The second-order valence-electron chi connectivity index (χ2n) is 4.14. The van der Waals surface area contributed by atoms with Crippen molar-refractivity contribution in [2.75, 3.05) is 6.54 Å². The van der Waals surface area contributed by atoms with E-state index in [0.29, 0.717) is 12.3 Å². The van der Waals surface area contributed by atoms with E-state index in [1.807, 2.05) is 4.90 Å². The van der Waals surface area contributed by atoms with E-state index in [9.17, 15) is 9.90 Å². The average Bonchev–Trinajstić information content (AvgIpc) is 2.50. The zero-order chi connectivity index (χ0) is 9.42. The molecule has 0 aromatic heterocycles. The number of hydrogen-bond acceptors (Lipinski definition) is 2. The summed E-state index contributed by atoms with van der Waals surface area (Å²) in [6.45, 7) is 2.97. The topological polar surface area (TPSA) is 40.5 Å². The summed E-state index contributed by atoms with van der Waals surface area (Å²) >= 11 is 0. The van der Waals surface area contributed by atoms with E-state index in [-0.39, 0.29) is 18.1 Å². The number of nitrogens with zero attached hydrogens (tertiary/aromatic N) is 1. The van der Waals surface area contributed by atoms with Gasteiger partial charge in [-0.3, -0.25) is 4.79 Å². The number of aliphatic hydroxyl groups is 1. The number of hydrogen-bond donors (Lipinski definition) is 1. The predicted molar refractivity (Wildman–Crippen MR) is 49.1 cm³/mol. The highest BCUT2D eigenvalue weighted by molar-refractivity contribution is 5.79. The summed E-state index contributed by atoms with van der Waals surface area (Å²) in [5.41, 5.74) is 0. The van der Waals surface area contributed by atoms with E-state index in [1.165, 1.54) is 0 Å². The van der Waals surface area contributed by atoms with Crippen molar-refractivity contribution in [3.8, 4) is 0 Å². The van der Waals surface area contributed by atoms with E-state index < -0.39 is 0 Å². The Kier molecular flexibility index (Phi) is 2.28. The summed E-state index contributed by atoms with van der Waals surface area (Å²) in [4.78, 5) is 13.2. The van der Waals surface area contributed by atoms with Gasteiger partial charge >= 0.3 is 0 Å². The van der Waals surface area contributed by atoms with Crippen molar-refractivity contribution in [1.29, 1.82) is 0 Å². The van der Waals surface area contributed by atoms with Crippen LogP contribution in [0.1, 0.15) is 32.6 Å². The standard InChI is InChI=1S/C10H17NO2/c1-2-7-5-6-11-8(10(7)13)3-4-9(11)12/h7-8,10,13H,2-6H2,1H3. The maximum absolute atomic E-state index is 11.4. The molecule has 13 heavy (non-hydrogen) atoms. The number of aliphatic hydroxyl groups excluding tert-OH is 1. The van der Waals surface area contributed by atoms with E-state index in [2.05, 4.69) is 6.92 Å². The molecular weight excluding hydrogens is 166 g/mol. The molecular formula is C10H17NO2. The summed E-state index contributed by atoms with van der Waals surface area (Å²) in [6.07, 6.45) is 3.22. The molecule has 0 bridgehead atoms. The van der Waals surface area contributed by atoms with Crippen LogP contribution in [-0.4, -0.2) is 34.6 Å². The van der Waals surface area contributed by atoms with Gasteiger partial charge in [-0.2, -0.15) is 0 Å². The molecule has 2 saturated heterocycles. The molecule has 0 aromatic rings. The lowest BCUT2D eigenvalue weighted by Crippen LogP contribution is -2.50. The number of fused-ring (bicyclic) bond motifs is 1. The maximum atomic E-state index is 11.4. The van der Waals surface area contributed by atoms with Crippen molar-refractivity contribution >= 4 is 5.91 Å². The Bertz CT molecular complexity index is 217. The van der Waals surface area contributed by atoms with Crippen LogP contribution in [0, 0.1) is 5.92 Å². The Morgan fingerprint density at radius 1 is 1.54 bits per heavy atom. The Labute approximate surface area is 78.7 Å². The van der Waals surface area contributed by atoms with Gasteiger partial charge in [-0.05, 0) is 18.8 Å². The van der Waals surface area contributed by atoms with Crippen LogP contribution in [0.4, 0.5) is 0 Å². The molecule has 2 fully saturated rings. The second-order valence-corrected chi connectivity index (χ2v) is 4.14. The molecule has 3 atom stereocenters. The first-order valence-electron chi connectivity index (χ1n) is 5.21. The van der Waals surface area contributed by atoms with Crippen LogP contribution in [0.25, 0.3) is 0 Å². The number of carbonyl (C=O) groups is 1. The lowest BCUT2D eigenvalue weighted by molar-refractivity contribution is -0.133. The first-order valence-corrected chi connectivity index (χ1v) is 5.21. The van der Waals surface area contributed by atoms with Gasteiger partial charge < -0.3 is 10.0 Å². The normalized spacial score (nSPS) is 39.4. The van der Waals surface area contributed by atoms with Crippen LogP contribution < -0.4 is 0 Å². The summed E-state index contributed by atoms with van der Waals surface area (Å²) in [6, 6.07) is 0.131. The fraction of sp³-hybridized carbons (Fsp3) is 0.900. The van der Waals surface area contributed by atoms with Gasteiger partial charge in [0, 0.05) is 13.0 Å². The third-order valence-electron chi connectivity index (χ3n) is 3.52. The minimum atomic E-state index is -0.273. The van der Waals surface area contributed by atoms with Crippen LogP contribution in [0.15, 0.2) is 0 Å². The van der Waals surface area contributed by atoms with Gasteiger partial charge in [0.05, 0.1) is 12.1 Å². The lowest BCUT2D eigenvalue weighted by atomic mass is 9.86. The van der Waals surface area contributed by atoms with Crippen molar-refractivity contribution in [2.45, 2.75) is 44.8 Å². The molecule has 3 unspecified atom stereocenters. The number of carbonyl (C=O) groups excluding carboxylic acids is 1. The largest absolute Gasteiger partial charge is 0.391 e. The monoisotopic (exact) mass is 183 g/mol. The molecule has 3 nitrogen and oxygen atoms in total. The first-order chi connectivity index (χ1) is 6.24. The van der Waals surface area contributed by atoms with Crippen LogP contribution in [0.2, 0.25) is 0 Å². The van der Waals surface area contributed by atoms with E-state index in [1.54, 1.807) is 0 Å². The minimum absolute atomic E-state index is 0.131. The molecule has 74 valence electrons. The molecule has 2 aliphatic rings. The fourth-order valence-electron chi connectivity index (χ4n) is 2.64. The molecule has 0 aliphatic carbocycles. The molecule has 0 spiro atoms. The summed E-state index contributed by atoms with van der Waals surface area (Å²) in [5.74, 6) is 0.644. The van der Waals surface area contributed by atoms with Crippen molar-refractivity contribution in [2.24, 2.45) is 5.92 Å². The summed E-state index contributed by atoms with van der Waals surface area (Å²) in [7, 11) is 0. The maximum Gasteiger partial charge on any atom is 0.222 e. The Hall–Kier alpha value is -0.570. The second kappa shape index (κ2) is 3.29. The van der Waals surface area contributed by atoms with Crippen LogP contribution in [0.3, 0.4) is 0 Å². The lowest BCUT2D eigenvalue weighted by Gasteiger charge is -2.39. The van der Waals surface area contributed by atoms with Gasteiger partial charge in [-0.1, -0.05) is 13.3 Å². The van der Waals surface area contributed by atoms with E-state index in [0.717, 1.165) is 25.8 Å². The average molecular weight is 183 g/mol. The van der Waals surface area contributed by atoms with Gasteiger partial charge in [-0.25, -0.2) is 0 Å². The number of rotatable bonds is 1. The van der Waals surface area contributed by atoms with Gasteiger partial charge in [-0.15, -0.1) is 0 Å². The third-order valence-corrected chi connectivity index (χ3v) is 3.52. The molecule has 2 rings (SSSR count). The van der Waals surface area contributed by atoms with Crippen molar-refractivity contribution < 1.29 is 9.90 Å². The zero-order valence-corrected chi connectivity index (χ0v) is 8.07. The van der Waals surface area contributed by atoms with Crippen molar-refractivity contribution in [3.05, 3.63) is 0 Å². The smallest absolute Gasteiger partial charge is 0.222 e. The molecule has 0 aromatic carbocycles. The number of amides is 1. The highest BCUT2D eigenvalue weighted by atomic mass is 16.3. The van der Waals surface area contributed by atoms with E-state index >= 15 is 0 Å². The molecule has 1 N–H and O–H groups in total. The molecule has 3 heteroatoms. The summed E-state index contributed by atoms with van der Waals surface area (Å²) in [5, 5.41) is 9.96. The molecule has 2 aliphatic heterocycles. The van der Waals surface area contributed by atoms with Crippen molar-refractivity contribution in [1.82, 2.24) is 4.90 Å². The Morgan fingerprint density at radius 2 is 2.31 bits per heavy atom. The number of piperidine rings is 1. The van der Waals surface area contributed by atoms with Gasteiger partial charge in [0.25, 0.3) is 0 Å². The van der Waals surface area contributed by atoms with Gasteiger partial charge in [0.2, 0.25) is 5.91 Å².